The summed E-state index contributed by atoms with van der Waals surface area (Å²) in [5.41, 5.74) is 0.906. The number of halogens is 1. The lowest BCUT2D eigenvalue weighted by Gasteiger charge is -2.27. The van der Waals surface area contributed by atoms with Crippen LogP contribution in [0.4, 0.5) is 0 Å². The SMILES string of the molecule is CN(Cc1nnsc1Cl)CC1CCNCC1. The van der Waals surface area contributed by atoms with Gasteiger partial charge in [-0.25, -0.2) is 0 Å². The number of hydrogen-bond donors (Lipinski definition) is 1. The zero-order valence-corrected chi connectivity index (χ0v) is 11.0. The standard InChI is InChI=1S/C10H17ClN4S/c1-15(6-8-2-4-12-5-3-8)7-9-10(11)16-14-13-9/h8,12H,2-7H2,1H3. The predicted octanol–water partition coefficient (Wildman–Crippen LogP) is 1.62. The van der Waals surface area contributed by atoms with Gasteiger partial charge in [0, 0.05) is 24.6 Å². The average Bonchev–Trinajstić information content (AvgIpc) is 2.66. The maximum absolute atomic E-state index is 5.98. The third-order valence-corrected chi connectivity index (χ3v) is 3.94. The van der Waals surface area contributed by atoms with Crippen molar-refractivity contribution in [3.63, 3.8) is 0 Å². The van der Waals surface area contributed by atoms with E-state index in [1.807, 2.05) is 0 Å². The van der Waals surface area contributed by atoms with Gasteiger partial charge in [0.25, 0.3) is 0 Å². The highest BCUT2D eigenvalue weighted by molar-refractivity contribution is 7.10. The first kappa shape index (κ1) is 12.2. The molecule has 4 nitrogen and oxygen atoms in total. The lowest BCUT2D eigenvalue weighted by molar-refractivity contribution is 0.232. The van der Waals surface area contributed by atoms with Crippen LogP contribution >= 0.6 is 23.1 Å². The van der Waals surface area contributed by atoms with Gasteiger partial charge in [0.1, 0.15) is 10.0 Å². The molecule has 1 N–H and O–H groups in total. The van der Waals surface area contributed by atoms with Crippen molar-refractivity contribution in [2.24, 2.45) is 5.92 Å². The number of rotatable bonds is 4. The van der Waals surface area contributed by atoms with Gasteiger partial charge in [-0.2, -0.15) is 0 Å². The van der Waals surface area contributed by atoms with Gasteiger partial charge in [-0.15, -0.1) is 5.10 Å². The van der Waals surface area contributed by atoms with Crippen LogP contribution < -0.4 is 5.32 Å². The van der Waals surface area contributed by atoms with Gasteiger partial charge in [-0.3, -0.25) is 0 Å². The van der Waals surface area contributed by atoms with Crippen molar-refractivity contribution >= 4 is 23.1 Å². The highest BCUT2D eigenvalue weighted by Gasteiger charge is 2.16. The Morgan fingerprint density at radius 3 is 2.88 bits per heavy atom. The summed E-state index contributed by atoms with van der Waals surface area (Å²) in [4.78, 5) is 2.29. The second kappa shape index (κ2) is 5.91. The molecule has 90 valence electrons. The number of hydrogen-bond acceptors (Lipinski definition) is 5. The lowest BCUT2D eigenvalue weighted by Crippen LogP contribution is -2.34. The van der Waals surface area contributed by atoms with E-state index in [0.29, 0.717) is 0 Å². The van der Waals surface area contributed by atoms with Crippen molar-refractivity contribution in [3.8, 4) is 0 Å². The predicted molar refractivity (Wildman–Crippen MR) is 66.8 cm³/mol. The fourth-order valence-electron chi connectivity index (χ4n) is 2.12. The van der Waals surface area contributed by atoms with Crippen LogP contribution in [0.25, 0.3) is 0 Å². The molecule has 0 saturated carbocycles. The molecule has 0 atom stereocenters. The molecule has 0 radical (unpaired) electrons. The number of nitrogens with one attached hydrogen (secondary N) is 1. The Balaban J connectivity index is 1.79. The van der Waals surface area contributed by atoms with Crippen LogP contribution in [0.2, 0.25) is 4.34 Å². The Bertz CT molecular complexity index is 324. The van der Waals surface area contributed by atoms with Crippen molar-refractivity contribution in [1.82, 2.24) is 19.8 Å². The van der Waals surface area contributed by atoms with Crippen LogP contribution in [0, 0.1) is 5.92 Å². The fourth-order valence-corrected chi connectivity index (χ4v) is 2.73. The van der Waals surface area contributed by atoms with Gasteiger partial charge in [-0.05, 0) is 38.9 Å². The molecule has 1 fully saturated rings. The molecule has 1 aliphatic rings. The molecule has 6 heteroatoms. The quantitative estimate of drug-likeness (QED) is 0.893. The van der Waals surface area contributed by atoms with E-state index in [4.69, 9.17) is 11.6 Å². The molecule has 1 aliphatic heterocycles. The van der Waals surface area contributed by atoms with Gasteiger partial charge in [0.2, 0.25) is 0 Å². The van der Waals surface area contributed by atoms with Gasteiger partial charge in [0.15, 0.2) is 0 Å². The molecule has 0 spiro atoms. The lowest BCUT2D eigenvalue weighted by atomic mass is 9.98. The van der Waals surface area contributed by atoms with Crippen molar-refractivity contribution in [1.29, 1.82) is 0 Å². The van der Waals surface area contributed by atoms with E-state index in [1.165, 1.54) is 24.4 Å². The summed E-state index contributed by atoms with van der Waals surface area (Å²) in [6.07, 6.45) is 2.54. The van der Waals surface area contributed by atoms with Crippen LogP contribution in [-0.4, -0.2) is 41.2 Å². The molecule has 1 saturated heterocycles. The summed E-state index contributed by atoms with van der Waals surface area (Å²) >= 11 is 7.24. The maximum atomic E-state index is 5.98. The van der Waals surface area contributed by atoms with Crippen molar-refractivity contribution in [3.05, 3.63) is 10.0 Å². The molecule has 16 heavy (non-hydrogen) atoms. The molecular formula is C10H17ClN4S. The summed E-state index contributed by atoms with van der Waals surface area (Å²) in [7, 11) is 2.12. The molecule has 2 heterocycles. The van der Waals surface area contributed by atoms with Crippen LogP contribution in [0.5, 0.6) is 0 Å². The van der Waals surface area contributed by atoms with Crippen molar-refractivity contribution in [2.75, 3.05) is 26.7 Å². The van der Waals surface area contributed by atoms with E-state index in [2.05, 4.69) is 26.9 Å². The third-order valence-electron chi connectivity index (χ3n) is 2.96. The molecule has 0 bridgehead atoms. The van der Waals surface area contributed by atoms with Gasteiger partial charge in [-0.1, -0.05) is 16.1 Å². The van der Waals surface area contributed by atoms with Crippen LogP contribution in [0.3, 0.4) is 0 Å². The highest BCUT2D eigenvalue weighted by Crippen LogP contribution is 2.19. The molecule has 0 aromatic carbocycles. The molecule has 1 aromatic rings. The monoisotopic (exact) mass is 260 g/mol. The summed E-state index contributed by atoms with van der Waals surface area (Å²) in [6, 6.07) is 0. The second-order valence-electron chi connectivity index (χ2n) is 4.38. The van der Waals surface area contributed by atoms with Crippen LogP contribution in [-0.2, 0) is 6.54 Å². The molecule has 0 aliphatic carbocycles. The van der Waals surface area contributed by atoms with Crippen LogP contribution in [0.1, 0.15) is 18.5 Å². The molecule has 0 amide bonds. The molecular weight excluding hydrogens is 244 g/mol. The van der Waals surface area contributed by atoms with E-state index >= 15 is 0 Å². The van der Waals surface area contributed by atoms with E-state index < -0.39 is 0 Å². The normalized spacial score (nSPS) is 18.2. The van der Waals surface area contributed by atoms with Gasteiger partial charge in [0.05, 0.1) is 0 Å². The Kier molecular flexibility index (Phi) is 4.52. The zero-order chi connectivity index (χ0) is 11.4. The molecule has 0 unspecified atom stereocenters. The smallest absolute Gasteiger partial charge is 0.138 e. The summed E-state index contributed by atoms with van der Waals surface area (Å²) in [6.45, 7) is 4.23. The Labute approximate surface area is 105 Å². The minimum Gasteiger partial charge on any atom is -0.317 e. The average molecular weight is 261 g/mol. The maximum Gasteiger partial charge on any atom is 0.138 e. The summed E-state index contributed by atoms with van der Waals surface area (Å²) in [5, 5.41) is 7.41. The van der Waals surface area contributed by atoms with E-state index in [1.54, 1.807) is 0 Å². The highest BCUT2D eigenvalue weighted by atomic mass is 35.5. The number of nitrogens with zero attached hydrogens (tertiary/aromatic N) is 3. The Hall–Kier alpha value is -0.230. The van der Waals surface area contributed by atoms with Crippen molar-refractivity contribution < 1.29 is 0 Å². The van der Waals surface area contributed by atoms with E-state index in [9.17, 15) is 0 Å². The molecule has 1 aromatic heterocycles. The first-order chi connectivity index (χ1) is 7.75. The second-order valence-corrected chi connectivity index (χ2v) is 5.74. The minimum absolute atomic E-state index is 0.720. The zero-order valence-electron chi connectivity index (χ0n) is 9.45. The molecule has 2 rings (SSSR count). The Morgan fingerprint density at radius 2 is 2.25 bits per heavy atom. The fraction of sp³-hybridized carbons (Fsp3) is 0.800. The van der Waals surface area contributed by atoms with Gasteiger partial charge < -0.3 is 10.2 Å². The topological polar surface area (TPSA) is 41.1 Å². The Morgan fingerprint density at radius 1 is 1.50 bits per heavy atom. The number of piperidine rings is 1. The van der Waals surface area contributed by atoms with Gasteiger partial charge >= 0.3 is 0 Å². The third kappa shape index (κ3) is 3.38. The van der Waals surface area contributed by atoms with Crippen molar-refractivity contribution in [2.45, 2.75) is 19.4 Å². The number of aromatic nitrogens is 2. The minimum atomic E-state index is 0.720. The largest absolute Gasteiger partial charge is 0.317 e. The first-order valence-electron chi connectivity index (χ1n) is 5.61. The van der Waals surface area contributed by atoms with E-state index in [0.717, 1.165) is 42.1 Å². The van der Waals surface area contributed by atoms with E-state index in [-0.39, 0.29) is 0 Å². The van der Waals surface area contributed by atoms with Crippen LogP contribution in [0.15, 0.2) is 0 Å². The summed E-state index contributed by atoms with van der Waals surface area (Å²) < 4.78 is 4.56. The summed E-state index contributed by atoms with van der Waals surface area (Å²) in [5.74, 6) is 0.802. The first-order valence-corrected chi connectivity index (χ1v) is 6.77.